The fourth-order valence-electron chi connectivity index (χ4n) is 3.78. The summed E-state index contributed by atoms with van der Waals surface area (Å²) in [6.07, 6.45) is -15.3. The third-order valence-electron chi connectivity index (χ3n) is 5.71. The predicted octanol–water partition coefficient (Wildman–Crippen LogP) is 3.65. The number of alkyl halides is 6. The second-order valence-corrected chi connectivity index (χ2v) is 9.19. The van der Waals surface area contributed by atoms with Crippen LogP contribution in [0.25, 0.3) is 11.4 Å². The number of nitrogens with two attached hydrogens (primary N) is 1. The molecule has 0 fully saturated rings. The topological polar surface area (TPSA) is 141 Å². The van der Waals surface area contributed by atoms with Crippen LogP contribution in [0, 0.1) is 0 Å². The van der Waals surface area contributed by atoms with Crippen LogP contribution in [0.15, 0.2) is 53.3 Å². The van der Waals surface area contributed by atoms with Crippen molar-refractivity contribution in [2.45, 2.75) is 50.6 Å². The summed E-state index contributed by atoms with van der Waals surface area (Å²) in [7, 11) is 0. The summed E-state index contributed by atoms with van der Waals surface area (Å²) in [5, 5.41) is 16.1. The number of carbonyl (C=O) groups is 2. The summed E-state index contributed by atoms with van der Waals surface area (Å²) in [5.74, 6) is -1.36. The number of aliphatic hydroxyl groups excluding tert-OH is 1. The van der Waals surface area contributed by atoms with Gasteiger partial charge in [-0.1, -0.05) is 23.7 Å². The molecule has 4 N–H and O–H groups in total. The van der Waals surface area contributed by atoms with E-state index in [1.807, 2.05) is 0 Å². The number of nitrogens with zero attached hydrogens (tertiary/aromatic N) is 3. The highest BCUT2D eigenvalue weighted by Crippen LogP contribution is 2.32. The van der Waals surface area contributed by atoms with Crippen molar-refractivity contribution in [3.63, 3.8) is 0 Å². The number of ether oxygens (including phenoxy) is 1. The van der Waals surface area contributed by atoms with Gasteiger partial charge >= 0.3 is 24.1 Å². The van der Waals surface area contributed by atoms with E-state index < -0.39 is 66.9 Å². The molecule has 0 saturated carbocycles. The summed E-state index contributed by atoms with van der Waals surface area (Å²) >= 11 is 5.84. The minimum Gasteiger partial charge on any atom is -0.444 e. The normalized spacial score (nSPS) is 14.3. The summed E-state index contributed by atoms with van der Waals surface area (Å²) in [5.41, 5.74) is 2.75. The Labute approximate surface area is 232 Å². The number of benzene rings is 2. The number of carbonyl (C=O) groups excluding carboxylic acids is 2. The molecular weight excluding hydrogens is 588 g/mol. The summed E-state index contributed by atoms with van der Waals surface area (Å²) in [6.45, 7) is -0.917. The molecule has 10 nitrogen and oxygen atoms in total. The van der Waals surface area contributed by atoms with Crippen LogP contribution in [-0.2, 0) is 28.8 Å². The van der Waals surface area contributed by atoms with Crippen LogP contribution in [0.1, 0.15) is 24.1 Å². The zero-order chi connectivity index (χ0) is 30.7. The van der Waals surface area contributed by atoms with Gasteiger partial charge < -0.3 is 20.9 Å². The number of aromatic nitrogens is 3. The Morgan fingerprint density at radius 2 is 1.76 bits per heavy atom. The first kappa shape index (κ1) is 31.5. The molecule has 0 aliphatic carbocycles. The molecule has 0 saturated heterocycles. The fourth-order valence-corrected chi connectivity index (χ4v) is 3.91. The van der Waals surface area contributed by atoms with Gasteiger partial charge in [-0.15, -0.1) is 5.10 Å². The lowest BCUT2D eigenvalue weighted by molar-refractivity contribution is -0.207. The highest BCUT2D eigenvalue weighted by molar-refractivity contribution is 6.30. The molecule has 2 aromatic carbocycles. The van der Waals surface area contributed by atoms with Crippen molar-refractivity contribution in [3.05, 3.63) is 75.2 Å². The molecule has 0 radical (unpaired) electrons. The van der Waals surface area contributed by atoms with E-state index >= 15 is 0 Å². The number of halogens is 7. The maximum absolute atomic E-state index is 13.3. The van der Waals surface area contributed by atoms with E-state index in [1.165, 1.54) is 37.3 Å². The Morgan fingerprint density at radius 3 is 2.32 bits per heavy atom. The quantitative estimate of drug-likeness (QED) is 0.316. The van der Waals surface area contributed by atoms with E-state index in [-0.39, 0.29) is 22.0 Å². The second-order valence-electron chi connectivity index (χ2n) is 8.75. The Balaban J connectivity index is 1.97. The zero-order valence-electron chi connectivity index (χ0n) is 20.9. The minimum atomic E-state index is -5.08. The summed E-state index contributed by atoms with van der Waals surface area (Å²) in [6, 6.07) is 7.82. The van der Waals surface area contributed by atoms with E-state index in [9.17, 15) is 45.8 Å². The first-order valence-electron chi connectivity index (χ1n) is 11.6. The van der Waals surface area contributed by atoms with Crippen LogP contribution in [0.3, 0.4) is 0 Å². The van der Waals surface area contributed by atoms with Crippen molar-refractivity contribution < 1.29 is 45.8 Å². The zero-order valence-corrected chi connectivity index (χ0v) is 21.7. The lowest BCUT2D eigenvalue weighted by Gasteiger charge is -2.25. The van der Waals surface area contributed by atoms with Crippen molar-refractivity contribution >= 4 is 23.6 Å². The molecule has 3 atom stereocenters. The van der Waals surface area contributed by atoms with Gasteiger partial charge in [0, 0.05) is 10.6 Å². The molecule has 0 aliphatic heterocycles. The van der Waals surface area contributed by atoms with Crippen molar-refractivity contribution in [3.8, 4) is 11.4 Å². The molecule has 1 aromatic heterocycles. The lowest BCUT2D eigenvalue weighted by atomic mass is 9.99. The molecule has 222 valence electrons. The Kier molecular flexibility index (Phi) is 9.38. The molecule has 2 amide bonds. The first-order valence-corrected chi connectivity index (χ1v) is 12.0. The van der Waals surface area contributed by atoms with E-state index in [1.54, 1.807) is 0 Å². The van der Waals surface area contributed by atoms with Crippen LogP contribution in [0.2, 0.25) is 5.02 Å². The van der Waals surface area contributed by atoms with Gasteiger partial charge in [-0.3, -0.25) is 9.36 Å². The second kappa shape index (κ2) is 12.2. The molecular formula is C24H22ClF6N5O5. The Bertz CT molecular complexity index is 1450. The van der Waals surface area contributed by atoms with Crippen LogP contribution in [0.4, 0.5) is 31.1 Å². The van der Waals surface area contributed by atoms with Crippen molar-refractivity contribution in [2.24, 2.45) is 5.73 Å². The van der Waals surface area contributed by atoms with Gasteiger partial charge in [0.15, 0.2) is 11.9 Å². The number of hydrogen-bond acceptors (Lipinski definition) is 6. The van der Waals surface area contributed by atoms with Gasteiger partial charge in [-0.2, -0.15) is 26.3 Å². The molecule has 0 spiro atoms. The summed E-state index contributed by atoms with van der Waals surface area (Å²) < 4.78 is 84.8. The fraction of sp³-hybridized carbons (Fsp3) is 0.333. The highest BCUT2D eigenvalue weighted by atomic mass is 35.5. The smallest absolute Gasteiger partial charge is 0.416 e. The van der Waals surface area contributed by atoms with E-state index in [0.29, 0.717) is 15.3 Å². The number of amides is 2. The first-order chi connectivity index (χ1) is 19.0. The predicted molar refractivity (Wildman–Crippen MR) is 131 cm³/mol. The SMILES string of the molecule is CC(OC(N)=O)C(NC(=O)Cn1nc(-c2ccc(Cl)cc2)n(C[C@H](O)C(F)(F)F)c1=O)c1cccc(C(F)(F)F)c1. The Hall–Kier alpha value is -4.05. The van der Waals surface area contributed by atoms with Gasteiger partial charge in [0.05, 0.1) is 18.2 Å². The van der Waals surface area contributed by atoms with Crippen molar-refractivity contribution in [1.29, 1.82) is 0 Å². The number of aliphatic hydroxyl groups is 1. The maximum atomic E-state index is 13.3. The van der Waals surface area contributed by atoms with Gasteiger partial charge in [-0.25, -0.2) is 14.3 Å². The third kappa shape index (κ3) is 8.00. The minimum absolute atomic E-state index is 0.130. The average Bonchev–Trinajstić information content (AvgIpc) is 3.16. The van der Waals surface area contributed by atoms with Crippen LogP contribution < -0.4 is 16.7 Å². The molecule has 1 heterocycles. The largest absolute Gasteiger partial charge is 0.444 e. The molecule has 0 aliphatic rings. The van der Waals surface area contributed by atoms with Crippen LogP contribution in [0.5, 0.6) is 0 Å². The van der Waals surface area contributed by atoms with Gasteiger partial charge in [0.25, 0.3) is 0 Å². The van der Waals surface area contributed by atoms with Crippen LogP contribution in [-0.4, -0.2) is 49.8 Å². The number of rotatable bonds is 9. The Morgan fingerprint density at radius 1 is 1.12 bits per heavy atom. The molecule has 17 heteroatoms. The van der Waals surface area contributed by atoms with E-state index in [2.05, 4.69) is 10.4 Å². The maximum Gasteiger partial charge on any atom is 0.416 e. The van der Waals surface area contributed by atoms with E-state index in [4.69, 9.17) is 22.1 Å². The van der Waals surface area contributed by atoms with Crippen molar-refractivity contribution in [1.82, 2.24) is 19.7 Å². The number of hydrogen-bond donors (Lipinski definition) is 3. The van der Waals surface area contributed by atoms with Gasteiger partial charge in [0.2, 0.25) is 5.91 Å². The highest BCUT2D eigenvalue weighted by Gasteiger charge is 2.39. The average molecular weight is 610 g/mol. The molecule has 3 aromatic rings. The molecule has 2 unspecified atom stereocenters. The van der Waals surface area contributed by atoms with Gasteiger partial charge in [0.1, 0.15) is 12.6 Å². The third-order valence-corrected chi connectivity index (χ3v) is 5.96. The molecule has 0 bridgehead atoms. The van der Waals surface area contributed by atoms with Crippen molar-refractivity contribution in [2.75, 3.05) is 0 Å². The number of nitrogens with one attached hydrogen (secondary N) is 1. The van der Waals surface area contributed by atoms with Crippen LogP contribution >= 0.6 is 11.6 Å². The number of primary amides is 1. The molecule has 41 heavy (non-hydrogen) atoms. The molecule has 3 rings (SSSR count). The van der Waals surface area contributed by atoms with Gasteiger partial charge in [-0.05, 0) is 48.9 Å². The summed E-state index contributed by atoms with van der Waals surface area (Å²) in [4.78, 5) is 37.2. The monoisotopic (exact) mass is 609 g/mol. The van der Waals surface area contributed by atoms with E-state index in [0.717, 1.165) is 12.1 Å². The lowest BCUT2D eigenvalue weighted by Crippen LogP contribution is -2.41. The standard InChI is InChI=1S/C24H22ClF6N5O5/c1-12(41-21(32)39)19(14-3-2-4-15(9-14)23(26,27)28)33-18(38)11-36-22(40)35(10-17(37)24(29,30)31)20(34-36)13-5-7-16(25)8-6-13/h2-9,12,17,19,37H,10-11H2,1H3,(H2,32,39)(H,33,38)/t12?,17-,19?/m0/s1.